The number of hydrogen-bond donors (Lipinski definition) is 3. The summed E-state index contributed by atoms with van der Waals surface area (Å²) in [6.07, 6.45) is 4.74. The van der Waals surface area contributed by atoms with E-state index in [0.29, 0.717) is 32.0 Å². The summed E-state index contributed by atoms with van der Waals surface area (Å²) in [5, 5.41) is 18.0. The molecular weight excluding hydrogens is 372 g/mol. The Morgan fingerprint density at radius 1 is 1.24 bits per heavy atom. The van der Waals surface area contributed by atoms with Crippen LogP contribution in [0.15, 0.2) is 24.3 Å². The minimum atomic E-state index is -0.528. The zero-order valence-corrected chi connectivity index (χ0v) is 17.3. The highest BCUT2D eigenvalue weighted by Crippen LogP contribution is 2.24. The van der Waals surface area contributed by atoms with Crippen molar-refractivity contribution in [1.29, 1.82) is 0 Å². The second-order valence-corrected chi connectivity index (χ2v) is 7.69. The van der Waals surface area contributed by atoms with Crippen LogP contribution in [0.4, 0.5) is 0 Å². The highest BCUT2D eigenvalue weighted by Gasteiger charge is 2.29. The number of nitrogens with zero attached hydrogens (tertiary/aromatic N) is 1. The molecule has 0 radical (unpaired) electrons. The summed E-state index contributed by atoms with van der Waals surface area (Å²) in [6.45, 7) is 4.10. The number of rotatable bonds is 11. The van der Waals surface area contributed by atoms with E-state index in [1.807, 2.05) is 36.1 Å². The van der Waals surface area contributed by atoms with Crippen LogP contribution in [0.1, 0.15) is 51.0 Å². The lowest BCUT2D eigenvalue weighted by atomic mass is 9.91. The fraction of sp³-hybridized carbons (Fsp3) is 0.636. The molecule has 1 aliphatic heterocycles. The molecule has 0 aromatic heterocycles. The van der Waals surface area contributed by atoms with Gasteiger partial charge >= 0.3 is 0 Å². The molecule has 2 amide bonds. The van der Waals surface area contributed by atoms with E-state index < -0.39 is 11.8 Å². The number of hydrogen-bond acceptors (Lipinski definition) is 5. The van der Waals surface area contributed by atoms with Gasteiger partial charge in [0, 0.05) is 32.0 Å². The van der Waals surface area contributed by atoms with Crippen LogP contribution in [0.5, 0.6) is 5.75 Å². The van der Waals surface area contributed by atoms with Crippen LogP contribution in [0.3, 0.4) is 0 Å². The van der Waals surface area contributed by atoms with Crippen molar-refractivity contribution in [2.45, 2.75) is 51.9 Å². The molecule has 3 N–H and O–H groups in total. The van der Waals surface area contributed by atoms with Gasteiger partial charge in [0.15, 0.2) is 0 Å². The van der Waals surface area contributed by atoms with E-state index in [-0.39, 0.29) is 18.9 Å². The minimum Gasteiger partial charge on any atom is -0.494 e. The van der Waals surface area contributed by atoms with Crippen molar-refractivity contribution in [3.8, 4) is 5.75 Å². The molecule has 1 aromatic rings. The largest absolute Gasteiger partial charge is 0.494 e. The molecule has 0 aliphatic carbocycles. The Bertz CT molecular complexity index is 627. The number of likely N-dealkylation sites (tertiary alicyclic amines) is 1. The molecule has 29 heavy (non-hydrogen) atoms. The van der Waals surface area contributed by atoms with E-state index in [0.717, 1.165) is 43.4 Å². The molecule has 1 fully saturated rings. The monoisotopic (exact) mass is 406 g/mol. The van der Waals surface area contributed by atoms with Crippen molar-refractivity contribution < 1.29 is 24.6 Å². The van der Waals surface area contributed by atoms with E-state index in [2.05, 4.69) is 0 Å². The Hall–Kier alpha value is -2.12. The Morgan fingerprint density at radius 2 is 1.93 bits per heavy atom. The fourth-order valence-electron chi connectivity index (χ4n) is 3.94. The van der Waals surface area contributed by atoms with Gasteiger partial charge in [-0.1, -0.05) is 12.1 Å². The molecule has 162 valence electrons. The predicted octanol–water partition coefficient (Wildman–Crippen LogP) is 2.54. The lowest BCUT2D eigenvalue weighted by molar-refractivity contribution is -0.141. The average molecular weight is 407 g/mol. The standard InChI is InChI=1S/C22H34N2O5/c1-2-29-20-8-6-17(7-9-20)4-3-5-19(16-21(26)23-28)22(27)24-13-10-18(11-14-24)12-15-25/h6-9,18-19,25,28H,2-5,10-16H2,1H3,(H,23,26)/t19-/m1/s1. The quantitative estimate of drug-likeness (QED) is 0.387. The van der Waals surface area contributed by atoms with Crippen LogP contribution in [0.25, 0.3) is 0 Å². The van der Waals surface area contributed by atoms with Crippen LogP contribution >= 0.6 is 0 Å². The van der Waals surface area contributed by atoms with Crippen molar-refractivity contribution >= 4 is 11.8 Å². The first-order chi connectivity index (χ1) is 14.1. The third-order valence-electron chi connectivity index (χ3n) is 5.62. The highest BCUT2D eigenvalue weighted by atomic mass is 16.5. The van der Waals surface area contributed by atoms with Crippen LogP contribution < -0.4 is 10.2 Å². The molecule has 1 atom stereocenters. The van der Waals surface area contributed by atoms with Gasteiger partial charge in [-0.05, 0) is 69.1 Å². The maximum Gasteiger partial charge on any atom is 0.244 e. The van der Waals surface area contributed by atoms with Gasteiger partial charge in [0.05, 0.1) is 6.61 Å². The van der Waals surface area contributed by atoms with Gasteiger partial charge < -0.3 is 14.7 Å². The Balaban J connectivity index is 1.88. The smallest absolute Gasteiger partial charge is 0.244 e. The van der Waals surface area contributed by atoms with Crippen LogP contribution in [0, 0.1) is 11.8 Å². The first-order valence-corrected chi connectivity index (χ1v) is 10.6. The van der Waals surface area contributed by atoms with Crippen LogP contribution in [0.2, 0.25) is 0 Å². The van der Waals surface area contributed by atoms with E-state index in [4.69, 9.17) is 15.1 Å². The number of carbonyl (C=O) groups excluding carboxylic acids is 2. The maximum absolute atomic E-state index is 13.0. The number of aliphatic hydroxyl groups excluding tert-OH is 1. The molecule has 0 bridgehead atoms. The van der Waals surface area contributed by atoms with Crippen molar-refractivity contribution in [3.05, 3.63) is 29.8 Å². The van der Waals surface area contributed by atoms with E-state index in [9.17, 15) is 9.59 Å². The maximum atomic E-state index is 13.0. The fourth-order valence-corrected chi connectivity index (χ4v) is 3.94. The zero-order chi connectivity index (χ0) is 21.1. The van der Waals surface area contributed by atoms with E-state index in [1.54, 1.807) is 5.48 Å². The second kappa shape index (κ2) is 12.4. The molecule has 7 nitrogen and oxygen atoms in total. The lowest BCUT2D eigenvalue weighted by Crippen LogP contribution is -2.43. The topological polar surface area (TPSA) is 99.1 Å². The molecule has 0 saturated carbocycles. The van der Waals surface area contributed by atoms with Gasteiger partial charge in [0.1, 0.15) is 5.75 Å². The SMILES string of the molecule is CCOc1ccc(CCC[C@H](CC(=O)NO)C(=O)N2CCC(CCO)CC2)cc1. The van der Waals surface area contributed by atoms with Gasteiger partial charge in [0.25, 0.3) is 0 Å². The number of ether oxygens (including phenoxy) is 1. The summed E-state index contributed by atoms with van der Waals surface area (Å²) < 4.78 is 5.45. The molecular formula is C22H34N2O5. The Labute approximate surface area is 173 Å². The summed E-state index contributed by atoms with van der Waals surface area (Å²) >= 11 is 0. The summed E-state index contributed by atoms with van der Waals surface area (Å²) in [6, 6.07) is 7.93. The third-order valence-corrected chi connectivity index (χ3v) is 5.62. The summed E-state index contributed by atoms with van der Waals surface area (Å²) in [5.41, 5.74) is 2.82. The number of hydroxylamine groups is 1. The normalized spacial score (nSPS) is 15.8. The zero-order valence-electron chi connectivity index (χ0n) is 17.3. The van der Waals surface area contributed by atoms with Gasteiger partial charge in [-0.15, -0.1) is 0 Å². The van der Waals surface area contributed by atoms with Crippen molar-refractivity contribution in [2.24, 2.45) is 11.8 Å². The van der Waals surface area contributed by atoms with Gasteiger partial charge in [-0.2, -0.15) is 0 Å². The molecule has 2 rings (SSSR count). The number of aliphatic hydroxyl groups is 1. The Kier molecular flexibility index (Phi) is 9.94. The first-order valence-electron chi connectivity index (χ1n) is 10.6. The van der Waals surface area contributed by atoms with E-state index in [1.165, 1.54) is 0 Å². The van der Waals surface area contributed by atoms with Crippen molar-refractivity contribution in [3.63, 3.8) is 0 Å². The van der Waals surface area contributed by atoms with Gasteiger partial charge in [0.2, 0.25) is 11.8 Å². The van der Waals surface area contributed by atoms with Crippen LogP contribution in [-0.4, -0.2) is 53.3 Å². The molecule has 1 aromatic carbocycles. The summed E-state index contributed by atoms with van der Waals surface area (Å²) in [7, 11) is 0. The number of aryl methyl sites for hydroxylation is 1. The number of benzene rings is 1. The molecule has 1 saturated heterocycles. The lowest BCUT2D eigenvalue weighted by Gasteiger charge is -2.34. The van der Waals surface area contributed by atoms with E-state index >= 15 is 0 Å². The number of piperidine rings is 1. The summed E-state index contributed by atoms with van der Waals surface area (Å²) in [4.78, 5) is 26.5. The van der Waals surface area contributed by atoms with Crippen LogP contribution in [-0.2, 0) is 16.0 Å². The first kappa shape index (κ1) is 23.2. The third kappa shape index (κ3) is 7.66. The molecule has 0 unspecified atom stereocenters. The molecule has 7 heteroatoms. The number of nitrogens with one attached hydrogen (secondary N) is 1. The molecule has 0 spiro atoms. The number of amides is 2. The van der Waals surface area contributed by atoms with Gasteiger partial charge in [-0.3, -0.25) is 14.8 Å². The van der Waals surface area contributed by atoms with Gasteiger partial charge in [-0.25, -0.2) is 5.48 Å². The highest BCUT2D eigenvalue weighted by molar-refractivity contribution is 5.85. The minimum absolute atomic E-state index is 0.00478. The predicted molar refractivity (Wildman–Crippen MR) is 110 cm³/mol. The Morgan fingerprint density at radius 3 is 2.52 bits per heavy atom. The number of carbonyl (C=O) groups is 2. The second-order valence-electron chi connectivity index (χ2n) is 7.69. The summed E-state index contributed by atoms with van der Waals surface area (Å²) in [5.74, 6) is 0.331. The van der Waals surface area contributed by atoms with Crippen molar-refractivity contribution in [2.75, 3.05) is 26.3 Å². The average Bonchev–Trinajstić information content (AvgIpc) is 2.74. The molecule has 1 aliphatic rings. The van der Waals surface area contributed by atoms with Crippen molar-refractivity contribution in [1.82, 2.24) is 10.4 Å². The molecule has 1 heterocycles.